The number of carbonyl (C=O) groups is 2. The average Bonchev–Trinajstić information content (AvgIpc) is 2.64. The molecule has 0 unspecified atom stereocenters. The maximum absolute atomic E-state index is 12.3. The summed E-state index contributed by atoms with van der Waals surface area (Å²) in [5.41, 5.74) is 7.80. The number of nitrogens with two attached hydrogens (primary N) is 1. The van der Waals surface area contributed by atoms with Crippen LogP contribution in [-0.2, 0) is 4.79 Å². The molecule has 0 aliphatic carbocycles. The minimum atomic E-state index is -0.265. The summed E-state index contributed by atoms with van der Waals surface area (Å²) >= 11 is 0. The Hall–Kier alpha value is -2.89. The Morgan fingerprint density at radius 3 is 2.60 bits per heavy atom. The molecule has 3 rings (SSSR count). The van der Waals surface area contributed by atoms with Gasteiger partial charge in [-0.15, -0.1) is 0 Å². The van der Waals surface area contributed by atoms with Crippen LogP contribution in [0.2, 0.25) is 0 Å². The van der Waals surface area contributed by atoms with Gasteiger partial charge < -0.3 is 16.0 Å². The van der Waals surface area contributed by atoms with Gasteiger partial charge in [0, 0.05) is 25.0 Å². The number of aryl methyl sites for hydroxylation is 1. The summed E-state index contributed by atoms with van der Waals surface area (Å²) in [6, 6.07) is 11.2. The molecule has 1 aromatic carbocycles. The Kier molecular flexibility index (Phi) is 4.97. The van der Waals surface area contributed by atoms with Crippen LogP contribution in [0.3, 0.4) is 0 Å². The molecule has 6 heteroatoms. The summed E-state index contributed by atoms with van der Waals surface area (Å²) < 4.78 is 0. The van der Waals surface area contributed by atoms with Crippen molar-refractivity contribution in [1.82, 2.24) is 4.98 Å². The van der Waals surface area contributed by atoms with Crippen molar-refractivity contribution >= 4 is 23.3 Å². The molecule has 0 radical (unpaired) electrons. The fourth-order valence-electron chi connectivity index (χ4n) is 2.97. The minimum absolute atomic E-state index is 0.139. The van der Waals surface area contributed by atoms with Gasteiger partial charge in [-0.3, -0.25) is 9.59 Å². The number of anilines is 2. The van der Waals surface area contributed by atoms with Gasteiger partial charge in [-0.05, 0) is 44.0 Å². The second-order valence-corrected chi connectivity index (χ2v) is 6.41. The molecule has 1 fully saturated rings. The highest BCUT2D eigenvalue weighted by molar-refractivity contribution is 6.04. The van der Waals surface area contributed by atoms with E-state index in [1.807, 2.05) is 42.2 Å². The highest BCUT2D eigenvalue weighted by atomic mass is 16.2. The van der Waals surface area contributed by atoms with Crippen molar-refractivity contribution in [2.75, 3.05) is 23.3 Å². The summed E-state index contributed by atoms with van der Waals surface area (Å²) in [5, 5.41) is 2.85. The predicted octanol–water partition coefficient (Wildman–Crippen LogP) is 2.34. The van der Waals surface area contributed by atoms with Crippen molar-refractivity contribution < 1.29 is 9.59 Å². The largest absolute Gasteiger partial charge is 0.369 e. The van der Waals surface area contributed by atoms with Gasteiger partial charge >= 0.3 is 0 Å². The molecule has 0 saturated carbocycles. The molecular formula is C19H22N4O2. The fourth-order valence-corrected chi connectivity index (χ4v) is 2.97. The topological polar surface area (TPSA) is 88.3 Å². The lowest BCUT2D eigenvalue weighted by molar-refractivity contribution is -0.122. The number of nitrogens with zero attached hydrogens (tertiary/aromatic N) is 2. The van der Waals surface area contributed by atoms with Crippen LogP contribution in [0.1, 0.15) is 28.8 Å². The van der Waals surface area contributed by atoms with Crippen molar-refractivity contribution in [2.24, 2.45) is 11.7 Å². The molecule has 1 aromatic heterocycles. The van der Waals surface area contributed by atoms with Crippen LogP contribution in [0.25, 0.3) is 0 Å². The Balaban J connectivity index is 1.66. The Morgan fingerprint density at radius 1 is 1.20 bits per heavy atom. The van der Waals surface area contributed by atoms with Crippen molar-refractivity contribution in [2.45, 2.75) is 19.8 Å². The van der Waals surface area contributed by atoms with E-state index in [4.69, 9.17) is 5.73 Å². The molecule has 130 valence electrons. The van der Waals surface area contributed by atoms with Crippen LogP contribution in [0.15, 0.2) is 42.6 Å². The van der Waals surface area contributed by atoms with E-state index in [9.17, 15) is 9.59 Å². The lowest BCUT2D eigenvalue weighted by Gasteiger charge is -2.32. The van der Waals surface area contributed by atoms with Crippen LogP contribution in [-0.4, -0.2) is 29.9 Å². The average molecular weight is 338 g/mol. The number of amides is 2. The van der Waals surface area contributed by atoms with E-state index in [2.05, 4.69) is 10.3 Å². The Labute approximate surface area is 147 Å². The molecular weight excluding hydrogens is 316 g/mol. The van der Waals surface area contributed by atoms with E-state index < -0.39 is 0 Å². The number of piperidine rings is 1. The second kappa shape index (κ2) is 7.34. The molecule has 3 N–H and O–H groups in total. The maximum Gasteiger partial charge on any atom is 0.257 e. The fraction of sp³-hybridized carbons (Fsp3) is 0.316. The first kappa shape index (κ1) is 17.0. The van der Waals surface area contributed by atoms with E-state index in [1.54, 1.807) is 12.3 Å². The lowest BCUT2D eigenvalue weighted by atomic mass is 9.97. The van der Waals surface area contributed by atoms with Gasteiger partial charge in [0.15, 0.2) is 0 Å². The zero-order chi connectivity index (χ0) is 17.8. The van der Waals surface area contributed by atoms with Gasteiger partial charge in [-0.2, -0.15) is 0 Å². The third kappa shape index (κ3) is 4.15. The standard InChI is InChI=1S/C19H22N4O2/c1-13-4-7-16(8-5-13)22-19(25)14-6-9-17(21-11-14)23-10-2-3-15(12-23)18(20)24/h4-9,11,15H,2-3,10,12H2,1H3,(H2,20,24)(H,22,25)/t15-/m1/s1. The summed E-state index contributed by atoms with van der Waals surface area (Å²) in [7, 11) is 0. The first-order chi connectivity index (χ1) is 12.0. The lowest BCUT2D eigenvalue weighted by Crippen LogP contribution is -2.41. The van der Waals surface area contributed by atoms with E-state index in [1.165, 1.54) is 0 Å². The van der Waals surface area contributed by atoms with Crippen LogP contribution in [0.5, 0.6) is 0 Å². The predicted molar refractivity (Wildman–Crippen MR) is 97.5 cm³/mol. The Morgan fingerprint density at radius 2 is 1.96 bits per heavy atom. The molecule has 2 heterocycles. The number of rotatable bonds is 4. The van der Waals surface area contributed by atoms with Crippen molar-refractivity contribution in [3.63, 3.8) is 0 Å². The van der Waals surface area contributed by atoms with Crippen molar-refractivity contribution in [3.8, 4) is 0 Å². The first-order valence-electron chi connectivity index (χ1n) is 8.41. The molecule has 0 spiro atoms. The summed E-state index contributed by atoms with van der Waals surface area (Å²) in [6.45, 7) is 3.42. The first-order valence-corrected chi connectivity index (χ1v) is 8.41. The van der Waals surface area contributed by atoms with E-state index >= 15 is 0 Å². The number of carbonyl (C=O) groups excluding carboxylic acids is 2. The number of pyridine rings is 1. The SMILES string of the molecule is Cc1ccc(NC(=O)c2ccc(N3CCC[C@@H](C(N)=O)C3)nc2)cc1. The van der Waals surface area contributed by atoms with Crippen molar-refractivity contribution in [3.05, 3.63) is 53.7 Å². The maximum atomic E-state index is 12.3. The van der Waals surface area contributed by atoms with Crippen LogP contribution < -0.4 is 16.0 Å². The van der Waals surface area contributed by atoms with Gasteiger partial charge in [0.05, 0.1) is 11.5 Å². The molecule has 1 atom stereocenters. The van der Waals surface area contributed by atoms with Gasteiger partial charge in [0.2, 0.25) is 5.91 Å². The van der Waals surface area contributed by atoms with E-state index in [-0.39, 0.29) is 17.7 Å². The number of hydrogen-bond acceptors (Lipinski definition) is 4. The van der Waals surface area contributed by atoms with Crippen LogP contribution in [0.4, 0.5) is 11.5 Å². The molecule has 25 heavy (non-hydrogen) atoms. The Bertz CT molecular complexity index is 756. The molecule has 2 aromatic rings. The molecule has 1 aliphatic heterocycles. The van der Waals surface area contributed by atoms with Gasteiger partial charge in [-0.1, -0.05) is 17.7 Å². The molecule has 1 saturated heterocycles. The van der Waals surface area contributed by atoms with Crippen LogP contribution >= 0.6 is 0 Å². The molecule has 0 bridgehead atoms. The summed E-state index contributed by atoms with van der Waals surface area (Å²) in [4.78, 5) is 30.1. The second-order valence-electron chi connectivity index (χ2n) is 6.41. The highest BCUT2D eigenvalue weighted by Crippen LogP contribution is 2.21. The third-order valence-corrected chi connectivity index (χ3v) is 4.47. The number of primary amides is 1. The number of nitrogens with one attached hydrogen (secondary N) is 1. The number of hydrogen-bond donors (Lipinski definition) is 2. The minimum Gasteiger partial charge on any atom is -0.369 e. The smallest absolute Gasteiger partial charge is 0.257 e. The van der Waals surface area contributed by atoms with Gasteiger partial charge in [-0.25, -0.2) is 4.98 Å². The highest BCUT2D eigenvalue weighted by Gasteiger charge is 2.24. The third-order valence-electron chi connectivity index (χ3n) is 4.47. The summed E-state index contributed by atoms with van der Waals surface area (Å²) in [6.07, 6.45) is 3.29. The monoisotopic (exact) mass is 338 g/mol. The quantitative estimate of drug-likeness (QED) is 0.895. The summed E-state index contributed by atoms with van der Waals surface area (Å²) in [5.74, 6) is 0.160. The van der Waals surface area contributed by atoms with Crippen molar-refractivity contribution in [1.29, 1.82) is 0 Å². The zero-order valence-corrected chi connectivity index (χ0v) is 14.2. The van der Waals surface area contributed by atoms with E-state index in [0.29, 0.717) is 12.1 Å². The van der Waals surface area contributed by atoms with E-state index in [0.717, 1.165) is 36.5 Å². The van der Waals surface area contributed by atoms with Gasteiger partial charge in [0.25, 0.3) is 5.91 Å². The molecule has 1 aliphatic rings. The van der Waals surface area contributed by atoms with Crippen LogP contribution in [0, 0.1) is 12.8 Å². The normalized spacial score (nSPS) is 17.2. The van der Waals surface area contributed by atoms with Gasteiger partial charge in [0.1, 0.15) is 5.82 Å². The number of aromatic nitrogens is 1. The zero-order valence-electron chi connectivity index (χ0n) is 14.2. The molecule has 2 amide bonds. The number of benzene rings is 1. The molecule has 6 nitrogen and oxygen atoms in total.